The summed E-state index contributed by atoms with van der Waals surface area (Å²) in [7, 11) is 0. The summed E-state index contributed by atoms with van der Waals surface area (Å²) in [6.07, 6.45) is 7.53. The zero-order valence-corrected chi connectivity index (χ0v) is 19.1. The van der Waals surface area contributed by atoms with Gasteiger partial charge in [-0.25, -0.2) is 0 Å². The van der Waals surface area contributed by atoms with Crippen LogP contribution < -0.4 is 5.32 Å². The van der Waals surface area contributed by atoms with Crippen molar-refractivity contribution < 1.29 is 0 Å². The van der Waals surface area contributed by atoms with Gasteiger partial charge in [0.1, 0.15) is 0 Å². The van der Waals surface area contributed by atoms with Crippen molar-refractivity contribution in [2.24, 2.45) is 0 Å². The van der Waals surface area contributed by atoms with Gasteiger partial charge in [-0.2, -0.15) is 0 Å². The summed E-state index contributed by atoms with van der Waals surface area (Å²) in [6, 6.07) is 20.2. The molecule has 1 saturated heterocycles. The number of nitrogens with one attached hydrogen (secondary N) is 1. The molecule has 7 heteroatoms. The fraction of sp³-hybridized carbons (Fsp3) is 0.160. The first-order valence-corrected chi connectivity index (χ1v) is 11.2. The van der Waals surface area contributed by atoms with Crippen LogP contribution in [0, 0.1) is 6.92 Å². The van der Waals surface area contributed by atoms with Crippen LogP contribution in [0.25, 0.3) is 5.69 Å². The molecule has 4 aromatic rings. The Labute approximate surface area is 197 Å². The number of thiocarbonyl (C=S) groups is 1. The number of aromatic nitrogens is 3. The Bertz CT molecular complexity index is 1240. The number of halogens is 1. The van der Waals surface area contributed by atoms with Gasteiger partial charge in [0.2, 0.25) is 0 Å². The van der Waals surface area contributed by atoms with E-state index in [1.807, 2.05) is 68.0 Å². The third-order valence-corrected chi connectivity index (χ3v) is 6.58. The van der Waals surface area contributed by atoms with Crippen molar-refractivity contribution in [3.8, 4) is 5.69 Å². The molecule has 1 aliphatic heterocycles. The molecule has 0 spiro atoms. The first kappa shape index (κ1) is 20.7. The Kier molecular flexibility index (Phi) is 5.64. The van der Waals surface area contributed by atoms with Crippen LogP contribution in [0.3, 0.4) is 0 Å². The molecule has 160 valence electrons. The normalized spacial score (nSPS) is 18.1. The van der Waals surface area contributed by atoms with E-state index >= 15 is 0 Å². The zero-order valence-electron chi connectivity index (χ0n) is 17.5. The smallest absolute Gasteiger partial charge is 0.170 e. The van der Waals surface area contributed by atoms with Crippen LogP contribution in [0.1, 0.15) is 34.6 Å². The Morgan fingerprint density at radius 1 is 1.03 bits per heavy atom. The highest BCUT2D eigenvalue weighted by Crippen LogP contribution is 2.40. The summed E-state index contributed by atoms with van der Waals surface area (Å²) in [4.78, 5) is 11.0. The summed E-state index contributed by atoms with van der Waals surface area (Å²) in [5, 5.41) is 4.99. The monoisotopic (exact) mass is 459 g/mol. The lowest BCUT2D eigenvalue weighted by molar-refractivity contribution is 0.302. The first-order chi connectivity index (χ1) is 15.6. The predicted molar refractivity (Wildman–Crippen MR) is 131 cm³/mol. The molecule has 0 amide bonds. The fourth-order valence-electron chi connectivity index (χ4n) is 4.23. The van der Waals surface area contributed by atoms with Crippen molar-refractivity contribution in [1.82, 2.24) is 24.8 Å². The molecule has 1 aliphatic rings. The molecular weight excluding hydrogens is 438 g/mol. The third-order valence-electron chi connectivity index (χ3n) is 5.80. The molecule has 5 nitrogen and oxygen atoms in total. The van der Waals surface area contributed by atoms with E-state index in [1.54, 1.807) is 0 Å². The highest BCUT2D eigenvalue weighted by atomic mass is 35.5. The maximum absolute atomic E-state index is 6.29. The Balaban J connectivity index is 1.61. The molecule has 0 saturated carbocycles. The van der Waals surface area contributed by atoms with Gasteiger partial charge in [-0.15, -0.1) is 0 Å². The van der Waals surface area contributed by atoms with Crippen LogP contribution in [-0.2, 0) is 6.54 Å². The van der Waals surface area contributed by atoms with Gasteiger partial charge in [-0.05, 0) is 84.9 Å². The van der Waals surface area contributed by atoms with Crippen LogP contribution >= 0.6 is 23.8 Å². The lowest BCUT2D eigenvalue weighted by Crippen LogP contribution is -2.30. The first-order valence-electron chi connectivity index (χ1n) is 10.4. The molecule has 1 N–H and O–H groups in total. The Morgan fingerprint density at radius 3 is 2.62 bits per heavy atom. The molecule has 1 aromatic carbocycles. The number of pyridine rings is 2. The van der Waals surface area contributed by atoms with E-state index in [4.69, 9.17) is 23.8 Å². The molecule has 4 heterocycles. The number of hydrogen-bond acceptors (Lipinski definition) is 3. The summed E-state index contributed by atoms with van der Waals surface area (Å²) < 4.78 is 2.21. The Hall–Kier alpha value is -3.22. The largest absolute Gasteiger partial charge is 0.352 e. The molecule has 2 unspecified atom stereocenters. The number of hydrogen-bond donors (Lipinski definition) is 1. The Morgan fingerprint density at radius 2 is 1.88 bits per heavy atom. The second-order valence-corrected chi connectivity index (χ2v) is 8.64. The second-order valence-electron chi connectivity index (χ2n) is 7.85. The highest BCUT2D eigenvalue weighted by molar-refractivity contribution is 7.80. The topological polar surface area (TPSA) is 46.0 Å². The van der Waals surface area contributed by atoms with Crippen molar-refractivity contribution in [2.45, 2.75) is 25.6 Å². The van der Waals surface area contributed by atoms with Gasteiger partial charge in [-0.1, -0.05) is 17.7 Å². The number of rotatable bonds is 5. The van der Waals surface area contributed by atoms with Gasteiger partial charge in [0.05, 0.1) is 17.8 Å². The molecule has 0 aliphatic carbocycles. The fourth-order valence-corrected chi connectivity index (χ4v) is 4.65. The predicted octanol–water partition coefficient (Wildman–Crippen LogP) is 5.40. The maximum Gasteiger partial charge on any atom is 0.170 e. The summed E-state index contributed by atoms with van der Waals surface area (Å²) in [5.74, 6) is 0. The van der Waals surface area contributed by atoms with Crippen molar-refractivity contribution >= 4 is 28.9 Å². The van der Waals surface area contributed by atoms with Gasteiger partial charge in [0.15, 0.2) is 5.11 Å². The maximum atomic E-state index is 6.29. The van der Waals surface area contributed by atoms with Crippen LogP contribution in [0.15, 0.2) is 85.5 Å². The third kappa shape index (κ3) is 3.87. The molecule has 1 fully saturated rings. The summed E-state index contributed by atoms with van der Waals surface area (Å²) >= 11 is 12.1. The number of benzene rings is 1. The van der Waals surface area contributed by atoms with Gasteiger partial charge in [0.25, 0.3) is 0 Å². The van der Waals surface area contributed by atoms with Gasteiger partial charge in [-0.3, -0.25) is 9.97 Å². The van der Waals surface area contributed by atoms with Gasteiger partial charge in [0, 0.05) is 47.7 Å². The molecule has 5 rings (SSSR count). The SMILES string of the molecule is Cc1cc(-n2cccc2C2C(c3ccccn3)NC(=S)N2Cc2ccncc2)ccc1Cl. The van der Waals surface area contributed by atoms with E-state index in [-0.39, 0.29) is 12.1 Å². The van der Waals surface area contributed by atoms with Crippen LogP contribution in [0.2, 0.25) is 5.02 Å². The quantitative estimate of drug-likeness (QED) is 0.405. The lowest BCUT2D eigenvalue weighted by atomic mass is 10.0. The minimum Gasteiger partial charge on any atom is -0.352 e. The van der Waals surface area contributed by atoms with Gasteiger partial charge < -0.3 is 14.8 Å². The van der Waals surface area contributed by atoms with Crippen LogP contribution in [0.5, 0.6) is 0 Å². The van der Waals surface area contributed by atoms with Crippen LogP contribution in [0.4, 0.5) is 0 Å². The molecule has 0 bridgehead atoms. The molecule has 0 radical (unpaired) electrons. The standard InChI is InChI=1S/C25H22ClN5S/c1-17-15-19(7-8-20(17)26)30-14-4-6-22(30)24-23(21-5-2-3-11-28-21)29-25(32)31(24)16-18-9-12-27-13-10-18/h2-15,23-24H,16H2,1H3,(H,29,32). The second kappa shape index (κ2) is 8.73. The van der Waals surface area contributed by atoms with Gasteiger partial charge >= 0.3 is 0 Å². The lowest BCUT2D eigenvalue weighted by Gasteiger charge is -2.29. The average molecular weight is 460 g/mol. The molecule has 2 atom stereocenters. The van der Waals surface area contributed by atoms with Crippen molar-refractivity contribution in [3.05, 3.63) is 113 Å². The summed E-state index contributed by atoms with van der Waals surface area (Å²) in [6.45, 7) is 2.70. The van der Waals surface area contributed by atoms with Crippen molar-refractivity contribution in [1.29, 1.82) is 0 Å². The number of nitrogens with zero attached hydrogens (tertiary/aromatic N) is 4. The highest BCUT2D eigenvalue weighted by Gasteiger charge is 2.41. The average Bonchev–Trinajstić information content (AvgIpc) is 3.42. The van der Waals surface area contributed by atoms with E-state index in [9.17, 15) is 0 Å². The van der Waals surface area contributed by atoms with E-state index in [1.165, 1.54) is 0 Å². The molecule has 3 aromatic heterocycles. The van der Waals surface area contributed by atoms with E-state index in [2.05, 4.69) is 49.1 Å². The van der Waals surface area contributed by atoms with E-state index in [0.29, 0.717) is 11.7 Å². The van der Waals surface area contributed by atoms with Crippen molar-refractivity contribution in [2.75, 3.05) is 0 Å². The minimum atomic E-state index is -0.0763. The minimum absolute atomic E-state index is 0.0449. The number of aryl methyl sites for hydroxylation is 1. The van der Waals surface area contributed by atoms with E-state index in [0.717, 1.165) is 33.2 Å². The van der Waals surface area contributed by atoms with Crippen LogP contribution in [-0.4, -0.2) is 24.5 Å². The molecular formula is C25H22ClN5S. The van der Waals surface area contributed by atoms with E-state index < -0.39 is 0 Å². The zero-order chi connectivity index (χ0) is 22.1. The summed E-state index contributed by atoms with van der Waals surface area (Å²) in [5.41, 5.74) is 5.34. The molecule has 32 heavy (non-hydrogen) atoms. The van der Waals surface area contributed by atoms with Crippen molar-refractivity contribution in [3.63, 3.8) is 0 Å².